The van der Waals surface area contributed by atoms with Gasteiger partial charge in [0.05, 0.1) is 0 Å². The van der Waals surface area contributed by atoms with E-state index in [2.05, 4.69) is 52.5 Å². The van der Waals surface area contributed by atoms with Crippen LogP contribution in [0.1, 0.15) is 57.9 Å². The van der Waals surface area contributed by atoms with E-state index >= 15 is 0 Å². The van der Waals surface area contributed by atoms with Gasteiger partial charge in [0.1, 0.15) is 11.6 Å². The molecule has 3 aliphatic heterocycles. The minimum absolute atomic E-state index is 0.0867. The van der Waals surface area contributed by atoms with Gasteiger partial charge in [-0.1, -0.05) is 37.6 Å². The molecule has 0 saturated carbocycles. The van der Waals surface area contributed by atoms with Crippen LogP contribution in [-0.4, -0.2) is 61.0 Å². The minimum Gasteiger partial charge on any atom is -0.381 e. The van der Waals surface area contributed by atoms with E-state index in [0.29, 0.717) is 29.4 Å². The second-order valence-electron chi connectivity index (χ2n) is 11.5. The van der Waals surface area contributed by atoms with Crippen LogP contribution in [0.25, 0.3) is 0 Å². The Labute approximate surface area is 237 Å². The summed E-state index contributed by atoms with van der Waals surface area (Å²) in [5.41, 5.74) is 1.14. The predicted octanol–water partition coefficient (Wildman–Crippen LogP) is 5.64. The number of benzene rings is 1. The molecule has 4 heterocycles. The first-order valence-electron chi connectivity index (χ1n) is 14.2. The Balaban J connectivity index is 1.33. The number of ether oxygens (including phenoxy) is 1. The number of nitrogens with one attached hydrogen (secondary N) is 2. The molecule has 38 heavy (non-hydrogen) atoms. The molecule has 1 aromatic carbocycles. The van der Waals surface area contributed by atoms with E-state index in [-0.39, 0.29) is 5.41 Å². The first-order valence-corrected chi connectivity index (χ1v) is 15.0. The van der Waals surface area contributed by atoms with Crippen LogP contribution < -0.4 is 20.4 Å². The van der Waals surface area contributed by atoms with E-state index in [9.17, 15) is 0 Å². The molecule has 0 radical (unpaired) electrons. The van der Waals surface area contributed by atoms with Gasteiger partial charge in [0.25, 0.3) is 0 Å². The molecule has 3 aliphatic rings. The number of hydrogen-bond acceptors (Lipinski definition) is 6. The third-order valence-electron chi connectivity index (χ3n) is 8.27. The zero-order chi connectivity index (χ0) is 26.5. The van der Waals surface area contributed by atoms with Crippen molar-refractivity contribution in [1.82, 2.24) is 15.3 Å². The van der Waals surface area contributed by atoms with Crippen LogP contribution in [0.3, 0.4) is 0 Å². The highest BCUT2D eigenvalue weighted by molar-refractivity contribution is 7.80. The highest BCUT2D eigenvalue weighted by atomic mass is 35.5. The van der Waals surface area contributed by atoms with Crippen LogP contribution in [0.4, 0.5) is 17.6 Å². The number of hydrogen-bond donors (Lipinski definition) is 2. The monoisotopic (exact) mass is 556 g/mol. The van der Waals surface area contributed by atoms with Gasteiger partial charge in [-0.05, 0) is 80.3 Å². The van der Waals surface area contributed by atoms with Crippen molar-refractivity contribution in [1.29, 1.82) is 0 Å². The number of thiocarbonyl (C=S) groups is 1. The molecule has 0 unspecified atom stereocenters. The molecule has 0 amide bonds. The lowest BCUT2D eigenvalue weighted by atomic mass is 9.74. The van der Waals surface area contributed by atoms with E-state index in [4.69, 9.17) is 38.5 Å². The van der Waals surface area contributed by atoms with E-state index < -0.39 is 0 Å². The molecule has 3 saturated heterocycles. The SMILES string of the molecule is C[C@@H]1C[C@H](C)CN(c2cc(N3CCCCC3)nc(NC(=S)NCC3(c4cccc(Cl)c4)CCOCC3)n2)C1. The molecule has 0 aliphatic carbocycles. The molecule has 0 bridgehead atoms. The molecule has 2 atom stereocenters. The van der Waals surface area contributed by atoms with Crippen molar-refractivity contribution in [3.63, 3.8) is 0 Å². The zero-order valence-electron chi connectivity index (χ0n) is 22.7. The average Bonchev–Trinajstić information content (AvgIpc) is 2.92. The molecule has 206 valence electrons. The number of piperidine rings is 2. The zero-order valence-corrected chi connectivity index (χ0v) is 24.3. The van der Waals surface area contributed by atoms with Crippen LogP contribution in [0.2, 0.25) is 5.02 Å². The maximum atomic E-state index is 6.36. The van der Waals surface area contributed by atoms with E-state index in [1.165, 1.54) is 31.2 Å². The third kappa shape index (κ3) is 6.69. The molecule has 5 rings (SSSR count). The molecule has 2 aromatic rings. The van der Waals surface area contributed by atoms with E-state index in [0.717, 1.165) is 68.9 Å². The normalized spacial score (nSPS) is 23.7. The number of rotatable bonds is 6. The standard InChI is InChI=1S/C29H41ClN6OS/c1-21-15-22(2)19-36(18-21)26-17-25(35-11-4-3-5-12-35)32-27(33-26)34-28(38)31-20-29(9-13-37-14-10-29)23-7-6-8-24(30)16-23/h6-8,16-17,21-22H,3-5,9-15,18-20H2,1-2H3,(H2,31,32,33,34,38)/t21-,22+. The van der Waals surface area contributed by atoms with Crippen molar-refractivity contribution in [3.05, 3.63) is 40.9 Å². The second-order valence-corrected chi connectivity index (χ2v) is 12.4. The minimum atomic E-state index is -0.0867. The predicted molar refractivity (Wildman–Crippen MR) is 161 cm³/mol. The number of nitrogens with zero attached hydrogens (tertiary/aromatic N) is 4. The summed E-state index contributed by atoms with van der Waals surface area (Å²) in [6.07, 6.45) is 6.79. The first-order chi connectivity index (χ1) is 18.4. The van der Waals surface area contributed by atoms with Crippen molar-refractivity contribution >= 4 is 46.5 Å². The van der Waals surface area contributed by atoms with Crippen LogP contribution in [0.5, 0.6) is 0 Å². The molecular weight excluding hydrogens is 516 g/mol. The van der Waals surface area contributed by atoms with Gasteiger partial charge < -0.3 is 25.2 Å². The molecule has 9 heteroatoms. The van der Waals surface area contributed by atoms with Crippen molar-refractivity contribution in [2.45, 2.75) is 57.8 Å². The van der Waals surface area contributed by atoms with E-state index in [1.807, 2.05) is 12.1 Å². The Hall–Kier alpha value is -2.16. The second kappa shape index (κ2) is 12.3. The number of halogens is 1. The van der Waals surface area contributed by atoms with Gasteiger partial charge in [-0.2, -0.15) is 9.97 Å². The Kier molecular flexibility index (Phi) is 8.91. The van der Waals surface area contributed by atoms with Crippen LogP contribution in [0.15, 0.2) is 30.3 Å². The van der Waals surface area contributed by atoms with Gasteiger partial charge in [0, 0.05) is 62.4 Å². The summed E-state index contributed by atoms with van der Waals surface area (Å²) < 4.78 is 5.70. The van der Waals surface area contributed by atoms with Gasteiger partial charge in [-0.25, -0.2) is 0 Å². The van der Waals surface area contributed by atoms with Gasteiger partial charge >= 0.3 is 0 Å². The highest BCUT2D eigenvalue weighted by Gasteiger charge is 2.35. The Morgan fingerprint density at radius 2 is 1.71 bits per heavy atom. The molecular formula is C29H41ClN6OS. The maximum Gasteiger partial charge on any atom is 0.232 e. The van der Waals surface area contributed by atoms with Crippen molar-refractivity contribution in [2.75, 3.05) is 61.1 Å². The average molecular weight is 557 g/mol. The molecule has 2 N–H and O–H groups in total. The van der Waals surface area contributed by atoms with E-state index in [1.54, 1.807) is 0 Å². The topological polar surface area (TPSA) is 65.5 Å². The first kappa shape index (κ1) is 27.4. The van der Waals surface area contributed by atoms with Gasteiger partial charge in [0.15, 0.2) is 5.11 Å². The Morgan fingerprint density at radius 1 is 1.03 bits per heavy atom. The van der Waals surface area contributed by atoms with Gasteiger partial charge in [0.2, 0.25) is 5.95 Å². The molecule has 0 spiro atoms. The summed E-state index contributed by atoms with van der Waals surface area (Å²) in [5, 5.41) is 8.11. The Morgan fingerprint density at radius 3 is 2.39 bits per heavy atom. The van der Waals surface area contributed by atoms with Crippen molar-refractivity contribution < 1.29 is 4.74 Å². The number of aromatic nitrogens is 2. The lowest BCUT2D eigenvalue weighted by Gasteiger charge is -2.38. The lowest BCUT2D eigenvalue weighted by molar-refractivity contribution is 0.0515. The van der Waals surface area contributed by atoms with Crippen molar-refractivity contribution in [2.24, 2.45) is 11.8 Å². The summed E-state index contributed by atoms with van der Waals surface area (Å²) in [6, 6.07) is 10.4. The number of anilines is 3. The molecule has 1 aromatic heterocycles. The van der Waals surface area contributed by atoms with Crippen LogP contribution in [-0.2, 0) is 10.2 Å². The summed E-state index contributed by atoms with van der Waals surface area (Å²) in [4.78, 5) is 14.7. The fourth-order valence-electron chi connectivity index (χ4n) is 6.32. The van der Waals surface area contributed by atoms with Crippen LogP contribution in [0, 0.1) is 11.8 Å². The quantitative estimate of drug-likeness (QED) is 0.443. The highest BCUT2D eigenvalue weighted by Crippen LogP contribution is 2.35. The smallest absolute Gasteiger partial charge is 0.232 e. The van der Waals surface area contributed by atoms with Crippen LogP contribution >= 0.6 is 23.8 Å². The van der Waals surface area contributed by atoms with Gasteiger partial charge in [-0.3, -0.25) is 0 Å². The summed E-state index contributed by atoms with van der Waals surface area (Å²) >= 11 is 12.1. The summed E-state index contributed by atoms with van der Waals surface area (Å²) in [5.74, 6) is 3.84. The summed E-state index contributed by atoms with van der Waals surface area (Å²) in [6.45, 7) is 10.9. The van der Waals surface area contributed by atoms with Gasteiger partial charge in [-0.15, -0.1) is 0 Å². The summed E-state index contributed by atoms with van der Waals surface area (Å²) in [7, 11) is 0. The molecule has 7 nitrogen and oxygen atoms in total. The lowest BCUT2D eigenvalue weighted by Crippen LogP contribution is -2.45. The van der Waals surface area contributed by atoms with Crippen molar-refractivity contribution in [3.8, 4) is 0 Å². The fraction of sp³-hybridized carbons (Fsp3) is 0.621. The third-order valence-corrected chi connectivity index (χ3v) is 8.75. The fourth-order valence-corrected chi connectivity index (χ4v) is 6.67. The maximum absolute atomic E-state index is 6.36. The molecule has 3 fully saturated rings. The largest absolute Gasteiger partial charge is 0.381 e. The Bertz CT molecular complexity index is 1090.